The predicted molar refractivity (Wildman–Crippen MR) is 316 cm³/mol. The van der Waals surface area contributed by atoms with Crippen molar-refractivity contribution in [2.75, 3.05) is 78.2 Å². The second-order valence-corrected chi connectivity index (χ2v) is 26.6. The summed E-state index contributed by atoms with van der Waals surface area (Å²) in [7, 11) is -7.66. The largest absolute Gasteiger partial charge is 0.495 e. The third-order valence-corrected chi connectivity index (χ3v) is 19.3. The Balaban J connectivity index is 0.000000129. The Bertz CT molecular complexity index is 4040. The number of methoxy groups -OCH3 is 1. The standard InChI is InChI=1S/C15H15FN2O.C15H18N2O3S.C15H18N2O2S.C14H17FN2O2S/c1-10(19)18-7-5-11(6-8-18)13-9-17-15-12(13)3-2-4-14(15)16;1-20-14-5-3-4-12-13(10-16-15(12)14)11-6-8-17(9-7-11)21(2,18)19;1-11-3-4-15-13(9-11)14(10-16-15)12-5-7-17(8-6-12)20(2,18)19;1-20(18,19)17-7-5-10(6-8-17)11-9-16-13-4-2-3-12(15)14(11)13/h2-5,9,17H,6-8H2,1H3;3-6,10,16H,7-9H2,1-2H3;3-5,9-10,16H,6-8H2,1-2H3;2-4,9-10,16H,5-8H2,1H3. The molecule has 4 N–H and O–H groups in total. The number of piperidine rings is 1. The van der Waals surface area contributed by atoms with E-state index in [0.29, 0.717) is 56.7 Å². The summed E-state index contributed by atoms with van der Waals surface area (Å²) in [5.74, 6) is 0.668. The number of benzene rings is 4. The van der Waals surface area contributed by atoms with Gasteiger partial charge in [0.05, 0.1) is 36.9 Å². The number of ether oxygens (including phenoxy) is 1. The predicted octanol–water partition coefficient (Wildman–Crippen LogP) is 10.1. The van der Waals surface area contributed by atoms with Gasteiger partial charge in [-0.25, -0.2) is 38.3 Å². The molecule has 8 heterocycles. The smallest absolute Gasteiger partial charge is 0.219 e. The molecular formula is C59H68F2N8O8S3. The molecule has 0 unspecified atom stereocenters. The number of rotatable bonds is 8. The number of aromatic nitrogens is 4. The van der Waals surface area contributed by atoms with Crippen molar-refractivity contribution >= 4 is 96.3 Å². The molecule has 424 valence electrons. The molecule has 0 spiro atoms. The van der Waals surface area contributed by atoms with Gasteiger partial charge in [0.15, 0.2) is 0 Å². The lowest BCUT2D eigenvalue weighted by Crippen LogP contribution is -2.37. The Labute approximate surface area is 466 Å². The van der Waals surface area contributed by atoms with Crippen molar-refractivity contribution in [2.45, 2.75) is 51.9 Å². The number of halogens is 2. The van der Waals surface area contributed by atoms with Crippen LogP contribution in [0.3, 0.4) is 0 Å². The van der Waals surface area contributed by atoms with Crippen molar-refractivity contribution in [1.82, 2.24) is 37.8 Å². The normalized spacial score (nSPS) is 17.2. The van der Waals surface area contributed by atoms with Crippen LogP contribution in [0.15, 0.2) is 116 Å². The maximum atomic E-state index is 14.0. The lowest BCUT2D eigenvalue weighted by atomic mass is 9.90. The molecule has 1 amide bonds. The first-order chi connectivity index (χ1) is 38.1. The highest BCUT2D eigenvalue weighted by molar-refractivity contribution is 7.88. The average Bonchev–Trinajstić information content (AvgIpc) is 4.29. The molecule has 4 aromatic heterocycles. The number of hydrogen-bond donors (Lipinski definition) is 4. The molecule has 1 saturated heterocycles. The van der Waals surface area contributed by atoms with Gasteiger partial charge in [0.1, 0.15) is 17.4 Å². The number of hydrogen-bond acceptors (Lipinski definition) is 8. The average molecular weight is 1150 g/mol. The number of fused-ring (bicyclic) bond motifs is 4. The number of aromatic amines is 4. The summed E-state index contributed by atoms with van der Waals surface area (Å²) in [6.07, 6.45) is 21.3. The number of H-pyrrole nitrogens is 4. The third-order valence-electron chi connectivity index (χ3n) is 15.4. The first-order valence-electron chi connectivity index (χ1n) is 26.5. The molecule has 80 heavy (non-hydrogen) atoms. The Kier molecular flexibility index (Phi) is 17.4. The van der Waals surface area contributed by atoms with Gasteiger partial charge in [-0.1, -0.05) is 60.2 Å². The van der Waals surface area contributed by atoms with Crippen LogP contribution in [0.1, 0.15) is 72.8 Å². The van der Waals surface area contributed by atoms with Crippen molar-refractivity contribution in [3.05, 3.63) is 155 Å². The number of amides is 1. The van der Waals surface area contributed by atoms with Crippen LogP contribution in [-0.2, 0) is 34.9 Å². The summed E-state index contributed by atoms with van der Waals surface area (Å²) in [5.41, 5.74) is 12.6. The number of nitrogens with zero attached hydrogens (tertiary/aromatic N) is 4. The fourth-order valence-electron chi connectivity index (χ4n) is 11.0. The first kappa shape index (κ1) is 57.8. The summed E-state index contributed by atoms with van der Waals surface area (Å²) >= 11 is 0. The number of carbonyl (C=O) groups excluding carboxylic acids is 1. The van der Waals surface area contributed by atoms with E-state index in [9.17, 15) is 38.8 Å². The summed E-state index contributed by atoms with van der Waals surface area (Å²) in [6.45, 7) is 8.02. The number of sulfonamides is 3. The first-order valence-corrected chi connectivity index (χ1v) is 32.1. The highest BCUT2D eigenvalue weighted by Gasteiger charge is 2.28. The lowest BCUT2D eigenvalue weighted by Gasteiger charge is -2.30. The van der Waals surface area contributed by atoms with Gasteiger partial charge >= 0.3 is 0 Å². The van der Waals surface area contributed by atoms with Crippen LogP contribution in [0.25, 0.3) is 60.3 Å². The van der Waals surface area contributed by atoms with E-state index in [0.717, 1.165) is 88.4 Å². The fraction of sp³-hybridized carbons (Fsp3) is 0.339. The van der Waals surface area contributed by atoms with E-state index in [2.05, 4.69) is 51.1 Å². The van der Waals surface area contributed by atoms with Crippen LogP contribution in [0.2, 0.25) is 0 Å². The topological polar surface area (TPSA) is 205 Å². The van der Waals surface area contributed by atoms with Crippen molar-refractivity contribution in [2.24, 2.45) is 0 Å². The molecule has 4 aromatic carbocycles. The van der Waals surface area contributed by atoms with E-state index in [1.807, 2.05) is 67.3 Å². The van der Waals surface area contributed by atoms with Crippen LogP contribution in [0, 0.1) is 18.6 Å². The molecule has 1 fully saturated rings. The number of para-hydroxylation sites is 2. The molecule has 8 aromatic rings. The molecule has 4 aliphatic heterocycles. The fourth-order valence-corrected chi connectivity index (χ4v) is 13.4. The van der Waals surface area contributed by atoms with E-state index in [1.165, 1.54) is 77.0 Å². The van der Waals surface area contributed by atoms with Crippen LogP contribution in [0.5, 0.6) is 5.75 Å². The zero-order valence-corrected chi connectivity index (χ0v) is 48.2. The van der Waals surface area contributed by atoms with E-state index < -0.39 is 30.1 Å². The van der Waals surface area contributed by atoms with Gasteiger partial charge in [-0.3, -0.25) is 4.79 Å². The van der Waals surface area contributed by atoms with Crippen molar-refractivity contribution in [3.8, 4) is 5.75 Å². The summed E-state index contributed by atoms with van der Waals surface area (Å²) in [6, 6.07) is 22.4. The van der Waals surface area contributed by atoms with Crippen molar-refractivity contribution in [3.63, 3.8) is 0 Å². The minimum absolute atomic E-state index is 0.0975. The van der Waals surface area contributed by atoms with Gasteiger partial charge in [-0.05, 0) is 104 Å². The summed E-state index contributed by atoms with van der Waals surface area (Å²) in [4.78, 5) is 25.7. The van der Waals surface area contributed by atoms with Crippen molar-refractivity contribution in [1.29, 1.82) is 0 Å². The molecule has 4 aliphatic rings. The molecule has 0 bridgehead atoms. The molecule has 0 aliphatic carbocycles. The van der Waals surface area contributed by atoms with Gasteiger partial charge < -0.3 is 29.6 Å². The van der Waals surface area contributed by atoms with Crippen LogP contribution in [0.4, 0.5) is 8.78 Å². The highest BCUT2D eigenvalue weighted by atomic mass is 32.2. The van der Waals surface area contributed by atoms with Gasteiger partial charge in [-0.15, -0.1) is 0 Å². The third kappa shape index (κ3) is 13.0. The Hall–Kier alpha value is -6.88. The van der Waals surface area contributed by atoms with Crippen molar-refractivity contribution < 1.29 is 43.6 Å². The molecule has 16 nitrogen and oxygen atoms in total. The second kappa shape index (κ2) is 24.1. The van der Waals surface area contributed by atoms with E-state index in [-0.39, 0.29) is 23.5 Å². The minimum Gasteiger partial charge on any atom is -0.495 e. The molecule has 0 saturated carbocycles. The van der Waals surface area contributed by atoms with Crippen LogP contribution in [-0.4, -0.2) is 147 Å². The Morgan fingerprint density at radius 2 is 1.07 bits per heavy atom. The lowest BCUT2D eigenvalue weighted by molar-refractivity contribution is -0.128. The van der Waals surface area contributed by atoms with Gasteiger partial charge in [0.2, 0.25) is 36.0 Å². The van der Waals surface area contributed by atoms with E-state index in [1.54, 1.807) is 31.1 Å². The molecule has 12 rings (SSSR count). The molecule has 0 atom stereocenters. The maximum absolute atomic E-state index is 14.0. The van der Waals surface area contributed by atoms with Gasteiger partial charge in [0.25, 0.3) is 0 Å². The molecule has 0 radical (unpaired) electrons. The Morgan fingerprint density at radius 3 is 1.62 bits per heavy atom. The van der Waals surface area contributed by atoms with Gasteiger partial charge in [0, 0.05) is 133 Å². The minimum atomic E-state index is -3.12. The van der Waals surface area contributed by atoms with E-state index >= 15 is 0 Å². The van der Waals surface area contributed by atoms with Crippen LogP contribution >= 0.6 is 0 Å². The summed E-state index contributed by atoms with van der Waals surface area (Å²) < 4.78 is 107. The maximum Gasteiger partial charge on any atom is 0.219 e. The monoisotopic (exact) mass is 1150 g/mol. The van der Waals surface area contributed by atoms with E-state index in [4.69, 9.17) is 4.74 Å². The summed E-state index contributed by atoms with van der Waals surface area (Å²) in [5, 5.41) is 3.87. The van der Waals surface area contributed by atoms with Crippen LogP contribution < -0.4 is 4.74 Å². The number of aryl methyl sites for hydroxylation is 1. The number of nitrogens with one attached hydrogen (secondary N) is 4. The number of carbonyl (C=O) groups is 1. The zero-order chi connectivity index (χ0) is 57.1. The zero-order valence-electron chi connectivity index (χ0n) is 45.8. The quantitative estimate of drug-likeness (QED) is 0.115. The molecule has 21 heteroatoms. The second-order valence-electron chi connectivity index (χ2n) is 20.7. The Morgan fingerprint density at radius 1 is 0.562 bits per heavy atom. The SMILES string of the molecule is CC(=O)N1CC=C(c2c[nH]c3c(F)cccc23)CC1.COc1cccc2c(C3=CCN(S(C)(=O)=O)CC3)c[nH]c12.CS(=O)(=O)N1CCC(c2c[nH]c3cccc(F)c23)CC1.Cc1ccc2[nH]cc(C3=CCN(S(C)(=O)=O)CC3)c2c1. The highest BCUT2D eigenvalue weighted by Crippen LogP contribution is 2.37. The molecular weight excluding hydrogens is 1080 g/mol. The van der Waals surface area contributed by atoms with Gasteiger partial charge in [-0.2, -0.15) is 8.61 Å².